The normalized spacial score (nSPS) is 10.8. The molecule has 2 amide bonds. The van der Waals surface area contributed by atoms with E-state index in [0.717, 1.165) is 22.0 Å². The first-order valence-corrected chi connectivity index (χ1v) is 10.2. The topological polar surface area (TPSA) is 84.0 Å². The van der Waals surface area contributed by atoms with Crippen LogP contribution < -0.4 is 10.6 Å². The fraction of sp³-hybridized carbons (Fsp3) is 0.263. The van der Waals surface area contributed by atoms with Gasteiger partial charge in [0.15, 0.2) is 5.13 Å². The van der Waals surface area contributed by atoms with E-state index in [9.17, 15) is 9.59 Å². The van der Waals surface area contributed by atoms with Gasteiger partial charge >= 0.3 is 0 Å². The second kappa shape index (κ2) is 8.41. The number of thiazole rings is 2. The number of hydrogen-bond acceptors (Lipinski definition) is 6. The molecule has 2 aromatic heterocycles. The summed E-state index contributed by atoms with van der Waals surface area (Å²) >= 11 is 2.93. The minimum absolute atomic E-state index is 0.0873. The third-order valence-electron chi connectivity index (χ3n) is 3.73. The molecule has 0 unspecified atom stereocenters. The standard InChI is InChI=1S/C19H20N4O2S2/c1-11(2)18(25)23-19-22-15(9-27-19)8-17(24)21-14-6-4-13(5-7-14)16-10-26-12(3)20-16/h4-7,9-11H,8H2,1-3H3,(H,21,24)(H,22,23,25). The number of aryl methyl sites for hydroxylation is 1. The third kappa shape index (κ3) is 5.21. The number of nitrogens with zero attached hydrogens (tertiary/aromatic N) is 2. The van der Waals surface area contributed by atoms with Crippen LogP contribution in [0.2, 0.25) is 0 Å². The number of rotatable bonds is 6. The second-order valence-electron chi connectivity index (χ2n) is 6.34. The van der Waals surface area contributed by atoms with Gasteiger partial charge in [0.05, 0.1) is 22.8 Å². The summed E-state index contributed by atoms with van der Waals surface area (Å²) in [5, 5.41) is 10.9. The lowest BCUT2D eigenvalue weighted by Gasteiger charge is -2.05. The summed E-state index contributed by atoms with van der Waals surface area (Å²) in [5.41, 5.74) is 3.31. The Labute approximate surface area is 165 Å². The molecule has 0 radical (unpaired) electrons. The number of carbonyl (C=O) groups is 2. The molecule has 2 heterocycles. The van der Waals surface area contributed by atoms with Gasteiger partial charge in [0.2, 0.25) is 11.8 Å². The Morgan fingerprint density at radius 2 is 1.78 bits per heavy atom. The van der Waals surface area contributed by atoms with E-state index in [1.807, 2.05) is 50.4 Å². The van der Waals surface area contributed by atoms with Gasteiger partial charge in [0.1, 0.15) is 0 Å². The average Bonchev–Trinajstić information content (AvgIpc) is 3.24. The first kappa shape index (κ1) is 19.2. The number of nitrogens with one attached hydrogen (secondary N) is 2. The molecule has 140 valence electrons. The number of anilines is 2. The Hall–Kier alpha value is -2.58. The molecule has 3 rings (SSSR count). The molecule has 0 aliphatic carbocycles. The van der Waals surface area contributed by atoms with E-state index in [0.29, 0.717) is 10.8 Å². The Morgan fingerprint density at radius 3 is 2.41 bits per heavy atom. The van der Waals surface area contributed by atoms with Crippen LogP contribution in [0.1, 0.15) is 24.5 Å². The molecule has 8 heteroatoms. The largest absolute Gasteiger partial charge is 0.326 e. The maximum absolute atomic E-state index is 12.2. The van der Waals surface area contributed by atoms with Gasteiger partial charge in [-0.25, -0.2) is 9.97 Å². The zero-order valence-electron chi connectivity index (χ0n) is 15.3. The zero-order chi connectivity index (χ0) is 19.4. The van der Waals surface area contributed by atoms with Crippen molar-refractivity contribution in [3.8, 4) is 11.3 Å². The maximum Gasteiger partial charge on any atom is 0.230 e. The van der Waals surface area contributed by atoms with E-state index < -0.39 is 0 Å². The van der Waals surface area contributed by atoms with E-state index in [4.69, 9.17) is 0 Å². The molecule has 0 spiro atoms. The molecular formula is C19H20N4O2S2. The SMILES string of the molecule is Cc1nc(-c2ccc(NC(=O)Cc3csc(NC(=O)C(C)C)n3)cc2)cs1. The highest BCUT2D eigenvalue weighted by molar-refractivity contribution is 7.14. The summed E-state index contributed by atoms with van der Waals surface area (Å²) in [4.78, 5) is 32.7. The van der Waals surface area contributed by atoms with E-state index in [2.05, 4.69) is 20.6 Å². The van der Waals surface area contributed by atoms with Gasteiger partial charge in [-0.2, -0.15) is 0 Å². The summed E-state index contributed by atoms with van der Waals surface area (Å²) < 4.78 is 0. The van der Waals surface area contributed by atoms with E-state index >= 15 is 0 Å². The van der Waals surface area contributed by atoms with Crippen LogP contribution in [0.5, 0.6) is 0 Å². The lowest BCUT2D eigenvalue weighted by Crippen LogP contribution is -2.18. The van der Waals surface area contributed by atoms with Crippen LogP contribution >= 0.6 is 22.7 Å². The Balaban J connectivity index is 1.56. The van der Waals surface area contributed by atoms with Crippen molar-refractivity contribution in [2.24, 2.45) is 5.92 Å². The van der Waals surface area contributed by atoms with Crippen LogP contribution in [0.4, 0.5) is 10.8 Å². The van der Waals surface area contributed by atoms with Crippen molar-refractivity contribution in [3.05, 3.63) is 45.7 Å². The Bertz CT molecular complexity index is 945. The molecule has 0 aliphatic heterocycles. The summed E-state index contributed by atoms with van der Waals surface area (Å²) in [6.45, 7) is 5.61. The van der Waals surface area contributed by atoms with Gasteiger partial charge in [-0.1, -0.05) is 26.0 Å². The molecule has 0 saturated carbocycles. The highest BCUT2D eigenvalue weighted by Gasteiger charge is 2.12. The van der Waals surface area contributed by atoms with Crippen LogP contribution in [-0.4, -0.2) is 21.8 Å². The second-order valence-corrected chi connectivity index (χ2v) is 8.26. The highest BCUT2D eigenvalue weighted by atomic mass is 32.1. The molecule has 0 atom stereocenters. The molecule has 0 aliphatic rings. The molecule has 0 saturated heterocycles. The minimum Gasteiger partial charge on any atom is -0.326 e. The van der Waals surface area contributed by atoms with E-state index in [1.54, 1.807) is 16.7 Å². The quantitative estimate of drug-likeness (QED) is 0.644. The summed E-state index contributed by atoms with van der Waals surface area (Å²) in [5.74, 6) is -0.355. The fourth-order valence-corrected chi connectivity index (χ4v) is 3.62. The first-order valence-electron chi connectivity index (χ1n) is 8.48. The van der Waals surface area contributed by atoms with Crippen molar-refractivity contribution in [1.82, 2.24) is 9.97 Å². The molecule has 3 aromatic rings. The van der Waals surface area contributed by atoms with Gasteiger partial charge in [-0.3, -0.25) is 9.59 Å². The molecule has 0 bridgehead atoms. The minimum atomic E-state index is -0.153. The molecule has 27 heavy (non-hydrogen) atoms. The lowest BCUT2D eigenvalue weighted by atomic mass is 10.1. The van der Waals surface area contributed by atoms with Crippen molar-refractivity contribution in [3.63, 3.8) is 0 Å². The van der Waals surface area contributed by atoms with Crippen molar-refractivity contribution in [1.29, 1.82) is 0 Å². The van der Waals surface area contributed by atoms with Gasteiger partial charge in [0, 0.05) is 27.9 Å². The lowest BCUT2D eigenvalue weighted by molar-refractivity contribution is -0.119. The predicted octanol–water partition coefficient (Wildman–Crippen LogP) is 4.35. The van der Waals surface area contributed by atoms with Crippen LogP contribution in [0.25, 0.3) is 11.3 Å². The summed E-state index contributed by atoms with van der Waals surface area (Å²) in [6, 6.07) is 7.59. The number of benzene rings is 1. The zero-order valence-corrected chi connectivity index (χ0v) is 16.9. The van der Waals surface area contributed by atoms with Gasteiger partial charge in [-0.15, -0.1) is 22.7 Å². The van der Waals surface area contributed by atoms with Crippen LogP contribution in [0, 0.1) is 12.8 Å². The summed E-state index contributed by atoms with van der Waals surface area (Å²) in [7, 11) is 0. The monoisotopic (exact) mass is 400 g/mol. The summed E-state index contributed by atoms with van der Waals surface area (Å²) in [6.07, 6.45) is 0.154. The number of hydrogen-bond donors (Lipinski definition) is 2. The number of amides is 2. The van der Waals surface area contributed by atoms with Crippen molar-refractivity contribution < 1.29 is 9.59 Å². The predicted molar refractivity (Wildman–Crippen MR) is 110 cm³/mol. The number of carbonyl (C=O) groups excluding carboxylic acids is 2. The van der Waals surface area contributed by atoms with Crippen LogP contribution in [0.15, 0.2) is 35.0 Å². The molecular weight excluding hydrogens is 380 g/mol. The van der Waals surface area contributed by atoms with Gasteiger partial charge in [-0.05, 0) is 19.1 Å². The molecule has 1 aromatic carbocycles. The van der Waals surface area contributed by atoms with Gasteiger partial charge in [0.25, 0.3) is 0 Å². The highest BCUT2D eigenvalue weighted by Crippen LogP contribution is 2.23. The van der Waals surface area contributed by atoms with Crippen LogP contribution in [-0.2, 0) is 16.0 Å². The Morgan fingerprint density at radius 1 is 1.04 bits per heavy atom. The maximum atomic E-state index is 12.2. The molecule has 6 nitrogen and oxygen atoms in total. The van der Waals surface area contributed by atoms with Crippen LogP contribution in [0.3, 0.4) is 0 Å². The van der Waals surface area contributed by atoms with Crippen molar-refractivity contribution >= 4 is 45.3 Å². The van der Waals surface area contributed by atoms with E-state index in [-0.39, 0.29) is 24.2 Å². The fourth-order valence-electron chi connectivity index (χ4n) is 2.29. The molecule has 0 fully saturated rings. The third-order valence-corrected chi connectivity index (χ3v) is 5.31. The van der Waals surface area contributed by atoms with Crippen molar-refractivity contribution in [2.45, 2.75) is 27.2 Å². The first-order chi connectivity index (χ1) is 12.9. The van der Waals surface area contributed by atoms with Gasteiger partial charge < -0.3 is 10.6 Å². The van der Waals surface area contributed by atoms with Crippen molar-refractivity contribution in [2.75, 3.05) is 10.6 Å². The smallest absolute Gasteiger partial charge is 0.230 e. The van der Waals surface area contributed by atoms with E-state index in [1.165, 1.54) is 11.3 Å². The average molecular weight is 401 g/mol. The molecule has 2 N–H and O–H groups in total. The number of aromatic nitrogens is 2. The Kier molecular flexibility index (Phi) is 5.98.